The van der Waals surface area contributed by atoms with Crippen LogP contribution in [-0.4, -0.2) is 38.9 Å². The molecule has 2 rings (SSSR count). The van der Waals surface area contributed by atoms with Crippen LogP contribution in [0.4, 0.5) is 5.69 Å². The lowest BCUT2D eigenvalue weighted by Crippen LogP contribution is -2.33. The van der Waals surface area contributed by atoms with Gasteiger partial charge >= 0.3 is 0 Å². The van der Waals surface area contributed by atoms with Crippen LogP contribution in [0.25, 0.3) is 0 Å². The summed E-state index contributed by atoms with van der Waals surface area (Å²) in [6.07, 6.45) is 0. The number of aryl methyl sites for hydroxylation is 2. The molecule has 0 saturated carbocycles. The number of benzene rings is 1. The monoisotopic (exact) mass is 474 g/mol. The predicted octanol–water partition coefficient (Wildman–Crippen LogP) is 3.72. The topological polar surface area (TPSA) is 80.9 Å². The summed E-state index contributed by atoms with van der Waals surface area (Å²) in [5.41, 5.74) is 2.92. The van der Waals surface area contributed by atoms with E-state index in [9.17, 15) is 0 Å². The molecule has 0 aliphatic carbocycles. The Labute approximate surface area is 171 Å². The van der Waals surface area contributed by atoms with Crippen LogP contribution >= 0.6 is 24.0 Å². The number of nitrogens with zero attached hydrogens (tertiary/aromatic N) is 2. The Morgan fingerprint density at radius 1 is 1.23 bits per heavy atom. The molecule has 1 aromatic carbocycles. The quantitative estimate of drug-likeness (QED) is 0.378. The molecule has 0 amide bonds. The lowest BCUT2D eigenvalue weighted by molar-refractivity contribution is 0.355. The number of anilines is 1. The number of aromatic nitrogens is 1. The first-order chi connectivity index (χ1) is 12.0. The number of hydrogen-bond donors (Lipinski definition) is 2. The van der Waals surface area contributed by atoms with E-state index in [4.69, 9.17) is 14.0 Å². The number of methoxy groups -OCH3 is 2. The van der Waals surface area contributed by atoms with Crippen molar-refractivity contribution < 1.29 is 14.0 Å². The molecule has 1 unspecified atom stereocenters. The second-order valence-electron chi connectivity index (χ2n) is 5.79. The summed E-state index contributed by atoms with van der Waals surface area (Å²) in [5, 5.41) is 10.6. The van der Waals surface area contributed by atoms with Crippen molar-refractivity contribution in [2.75, 3.05) is 33.1 Å². The van der Waals surface area contributed by atoms with E-state index in [0.717, 1.165) is 22.7 Å². The molecule has 0 saturated heterocycles. The molecule has 8 heteroatoms. The van der Waals surface area contributed by atoms with Crippen LogP contribution < -0.4 is 20.1 Å². The molecule has 1 atom stereocenters. The zero-order valence-electron chi connectivity index (χ0n) is 16.0. The highest BCUT2D eigenvalue weighted by Gasteiger charge is 2.16. The summed E-state index contributed by atoms with van der Waals surface area (Å²) in [4.78, 5) is 4.26. The minimum Gasteiger partial charge on any atom is -0.493 e. The number of guanidine groups is 1. The van der Waals surface area contributed by atoms with E-state index in [2.05, 4.69) is 27.7 Å². The van der Waals surface area contributed by atoms with E-state index in [0.29, 0.717) is 24.0 Å². The Bertz CT molecular complexity index is 727. The van der Waals surface area contributed by atoms with Crippen molar-refractivity contribution in [3.05, 3.63) is 35.2 Å². The zero-order chi connectivity index (χ0) is 18.4. The maximum Gasteiger partial charge on any atom is 0.195 e. The fourth-order valence-electron chi connectivity index (χ4n) is 2.78. The highest BCUT2D eigenvalue weighted by Crippen LogP contribution is 2.29. The van der Waals surface area contributed by atoms with Crippen LogP contribution in [0.15, 0.2) is 27.7 Å². The van der Waals surface area contributed by atoms with Gasteiger partial charge in [0.15, 0.2) is 17.5 Å². The van der Waals surface area contributed by atoms with E-state index in [1.165, 1.54) is 0 Å². The number of hydrogen-bond acceptors (Lipinski definition) is 5. The first-order valence-electron chi connectivity index (χ1n) is 8.12. The van der Waals surface area contributed by atoms with Gasteiger partial charge in [0.25, 0.3) is 0 Å². The van der Waals surface area contributed by atoms with Gasteiger partial charge in [-0.2, -0.15) is 0 Å². The summed E-state index contributed by atoms with van der Waals surface area (Å²) in [7, 11) is 4.96. The van der Waals surface area contributed by atoms with Gasteiger partial charge in [-0.1, -0.05) is 12.1 Å². The molecule has 0 fully saturated rings. The SMILES string of the molecule is CN=C(NCC(C)c1c(C)noc1C)Nc1ccc(OC)c(OC)c1.I. The summed E-state index contributed by atoms with van der Waals surface area (Å²) < 4.78 is 15.8. The van der Waals surface area contributed by atoms with Crippen LogP contribution in [0.1, 0.15) is 29.9 Å². The number of halogens is 1. The van der Waals surface area contributed by atoms with E-state index in [-0.39, 0.29) is 29.9 Å². The van der Waals surface area contributed by atoms with Crippen LogP contribution in [0.3, 0.4) is 0 Å². The summed E-state index contributed by atoms with van der Waals surface area (Å²) >= 11 is 0. The highest BCUT2D eigenvalue weighted by molar-refractivity contribution is 14.0. The van der Waals surface area contributed by atoms with Gasteiger partial charge in [0.05, 0.1) is 19.9 Å². The third-order valence-electron chi connectivity index (χ3n) is 4.03. The fraction of sp³-hybridized carbons (Fsp3) is 0.444. The molecule has 0 aliphatic heterocycles. The normalized spacial score (nSPS) is 12.2. The zero-order valence-corrected chi connectivity index (χ0v) is 18.4. The average Bonchev–Trinajstić information content (AvgIpc) is 2.96. The van der Waals surface area contributed by atoms with Crippen LogP contribution in [-0.2, 0) is 0 Å². The fourth-order valence-corrected chi connectivity index (χ4v) is 2.78. The highest BCUT2D eigenvalue weighted by atomic mass is 127. The molecule has 0 bridgehead atoms. The van der Waals surface area contributed by atoms with Crippen molar-refractivity contribution in [2.24, 2.45) is 4.99 Å². The van der Waals surface area contributed by atoms with Crippen molar-refractivity contribution >= 4 is 35.6 Å². The predicted molar refractivity (Wildman–Crippen MR) is 114 cm³/mol. The molecule has 2 aromatic rings. The van der Waals surface area contributed by atoms with Crippen molar-refractivity contribution in [3.63, 3.8) is 0 Å². The van der Waals surface area contributed by atoms with Gasteiger partial charge in [-0.25, -0.2) is 0 Å². The summed E-state index contributed by atoms with van der Waals surface area (Å²) in [6.45, 7) is 6.72. The number of nitrogens with one attached hydrogen (secondary N) is 2. The van der Waals surface area contributed by atoms with E-state index >= 15 is 0 Å². The number of ether oxygens (including phenoxy) is 2. The molecule has 0 radical (unpaired) electrons. The van der Waals surface area contributed by atoms with Crippen molar-refractivity contribution in [3.8, 4) is 11.5 Å². The molecular formula is C18H27IN4O3. The molecule has 0 aliphatic rings. The van der Waals surface area contributed by atoms with Crippen molar-refractivity contribution in [1.82, 2.24) is 10.5 Å². The van der Waals surface area contributed by atoms with Crippen molar-refractivity contribution in [2.45, 2.75) is 26.7 Å². The number of rotatable bonds is 6. The first kappa shape index (κ1) is 22.1. The van der Waals surface area contributed by atoms with Crippen molar-refractivity contribution in [1.29, 1.82) is 0 Å². The Kier molecular flexibility index (Phi) is 8.70. The smallest absolute Gasteiger partial charge is 0.195 e. The molecule has 26 heavy (non-hydrogen) atoms. The van der Waals surface area contributed by atoms with Gasteiger partial charge in [0.2, 0.25) is 0 Å². The van der Waals surface area contributed by atoms with E-state index in [1.54, 1.807) is 21.3 Å². The van der Waals surface area contributed by atoms with E-state index < -0.39 is 0 Å². The third-order valence-corrected chi connectivity index (χ3v) is 4.03. The van der Waals surface area contributed by atoms with Gasteiger partial charge in [0.1, 0.15) is 5.76 Å². The molecule has 1 aromatic heterocycles. The van der Waals surface area contributed by atoms with E-state index in [1.807, 2.05) is 32.0 Å². The molecule has 2 N–H and O–H groups in total. The number of aliphatic imine (C=N–C) groups is 1. The summed E-state index contributed by atoms with van der Waals surface area (Å²) in [6, 6.07) is 5.62. The Hall–Kier alpha value is -1.97. The molecular weight excluding hydrogens is 447 g/mol. The molecule has 144 valence electrons. The third kappa shape index (κ3) is 5.26. The average molecular weight is 474 g/mol. The Morgan fingerprint density at radius 3 is 2.46 bits per heavy atom. The summed E-state index contributed by atoms with van der Waals surface area (Å²) in [5.74, 6) is 3.12. The van der Waals surface area contributed by atoms with Gasteiger partial charge < -0.3 is 24.6 Å². The Balaban J connectivity index is 0.00000338. The molecule has 7 nitrogen and oxygen atoms in total. The maximum absolute atomic E-state index is 5.32. The second-order valence-corrected chi connectivity index (χ2v) is 5.79. The first-order valence-corrected chi connectivity index (χ1v) is 8.12. The molecule has 0 spiro atoms. The van der Waals surface area contributed by atoms with Gasteiger partial charge in [-0.15, -0.1) is 24.0 Å². The van der Waals surface area contributed by atoms with Crippen LogP contribution in [0.2, 0.25) is 0 Å². The molecule has 1 heterocycles. The standard InChI is InChI=1S/C18H26N4O3.HI/c1-11(17-12(2)22-25-13(17)3)10-20-18(19-4)21-14-7-8-15(23-5)16(9-14)24-6;/h7-9,11H,10H2,1-6H3,(H2,19,20,21);1H. The maximum atomic E-state index is 5.32. The van der Waals surface area contributed by atoms with Gasteiger partial charge in [-0.05, 0) is 26.0 Å². The van der Waals surface area contributed by atoms with Crippen LogP contribution in [0, 0.1) is 13.8 Å². The van der Waals surface area contributed by atoms with Gasteiger partial charge in [-0.3, -0.25) is 4.99 Å². The largest absolute Gasteiger partial charge is 0.493 e. The lowest BCUT2D eigenvalue weighted by atomic mass is 10.00. The second kappa shape index (κ2) is 10.2. The minimum absolute atomic E-state index is 0. The minimum atomic E-state index is 0. The Morgan fingerprint density at radius 2 is 1.92 bits per heavy atom. The van der Waals surface area contributed by atoms with Crippen LogP contribution in [0.5, 0.6) is 11.5 Å². The van der Waals surface area contributed by atoms with Gasteiger partial charge in [0, 0.05) is 36.8 Å². The lowest BCUT2D eigenvalue weighted by Gasteiger charge is -2.17.